The third-order valence-electron chi connectivity index (χ3n) is 2.70. The molecule has 0 fully saturated rings. The zero-order valence-corrected chi connectivity index (χ0v) is 9.82. The van der Waals surface area contributed by atoms with Crippen molar-refractivity contribution in [1.29, 1.82) is 0 Å². The quantitative estimate of drug-likeness (QED) is 0.683. The van der Waals surface area contributed by atoms with Crippen LogP contribution in [-0.4, -0.2) is 12.3 Å². The topological polar surface area (TPSA) is 43.1 Å². The van der Waals surface area contributed by atoms with Gasteiger partial charge in [-0.1, -0.05) is 36.8 Å². The maximum Gasteiger partial charge on any atom is 0.133 e. The van der Waals surface area contributed by atoms with E-state index in [-0.39, 0.29) is 0 Å². The molecule has 2 heteroatoms. The van der Waals surface area contributed by atoms with E-state index in [1.165, 1.54) is 5.56 Å². The number of aryl methyl sites for hydroxylation is 1. The molecule has 0 aliphatic heterocycles. The lowest BCUT2D eigenvalue weighted by molar-refractivity contribution is -0.119. The van der Waals surface area contributed by atoms with Crippen LogP contribution >= 0.6 is 0 Å². The summed E-state index contributed by atoms with van der Waals surface area (Å²) in [7, 11) is 0. The van der Waals surface area contributed by atoms with Crippen LogP contribution in [0.1, 0.15) is 37.7 Å². The minimum absolute atomic E-state index is 0.376. The molecule has 0 aromatic heterocycles. The summed E-state index contributed by atoms with van der Waals surface area (Å²) in [6.07, 6.45) is 5.36. The van der Waals surface area contributed by atoms with Crippen molar-refractivity contribution in [3.8, 4) is 0 Å². The van der Waals surface area contributed by atoms with Crippen molar-refractivity contribution in [2.45, 2.75) is 38.5 Å². The highest BCUT2D eigenvalue weighted by Gasteiger charge is 2.02. The Bertz CT molecular complexity index is 295. The number of ketones is 1. The third kappa shape index (κ3) is 5.66. The largest absolute Gasteiger partial charge is 0.330 e. The van der Waals surface area contributed by atoms with Crippen LogP contribution in [0.4, 0.5) is 0 Å². The van der Waals surface area contributed by atoms with Gasteiger partial charge < -0.3 is 5.73 Å². The normalized spacial score (nSPS) is 10.3. The molecule has 2 nitrogen and oxygen atoms in total. The Labute approximate surface area is 97.9 Å². The Morgan fingerprint density at radius 2 is 1.75 bits per heavy atom. The van der Waals surface area contributed by atoms with Crippen LogP contribution in [0.15, 0.2) is 30.3 Å². The number of Topliss-reactive ketones (excluding diaryl/α,β-unsaturated/α-hetero) is 1. The maximum atomic E-state index is 11.5. The van der Waals surface area contributed by atoms with E-state index in [4.69, 9.17) is 5.73 Å². The molecule has 2 N–H and O–H groups in total. The van der Waals surface area contributed by atoms with Crippen molar-refractivity contribution in [2.75, 3.05) is 6.54 Å². The highest BCUT2D eigenvalue weighted by Crippen LogP contribution is 2.06. The Morgan fingerprint density at radius 3 is 2.44 bits per heavy atom. The first-order valence-electron chi connectivity index (χ1n) is 6.08. The minimum atomic E-state index is 0.376. The van der Waals surface area contributed by atoms with E-state index in [1.54, 1.807) is 0 Å². The van der Waals surface area contributed by atoms with E-state index < -0.39 is 0 Å². The predicted octanol–water partition coefficient (Wildman–Crippen LogP) is 2.71. The number of carbonyl (C=O) groups is 1. The van der Waals surface area contributed by atoms with Gasteiger partial charge in [0.25, 0.3) is 0 Å². The van der Waals surface area contributed by atoms with E-state index in [9.17, 15) is 4.79 Å². The van der Waals surface area contributed by atoms with Gasteiger partial charge in [-0.25, -0.2) is 0 Å². The summed E-state index contributed by atoms with van der Waals surface area (Å²) in [5.41, 5.74) is 6.64. The Hall–Kier alpha value is -1.15. The second-order valence-electron chi connectivity index (χ2n) is 4.12. The second-order valence-corrected chi connectivity index (χ2v) is 4.12. The van der Waals surface area contributed by atoms with Gasteiger partial charge in [0, 0.05) is 12.8 Å². The molecule has 16 heavy (non-hydrogen) atoms. The SMILES string of the molecule is NCCCCCC(=O)CCc1ccccc1. The molecular formula is C14H21NO. The molecule has 0 saturated carbocycles. The summed E-state index contributed by atoms with van der Waals surface area (Å²) < 4.78 is 0. The van der Waals surface area contributed by atoms with Gasteiger partial charge in [0.2, 0.25) is 0 Å². The van der Waals surface area contributed by atoms with Gasteiger partial charge in [-0.2, -0.15) is 0 Å². The number of rotatable bonds is 8. The molecule has 0 heterocycles. The standard InChI is InChI=1S/C14H21NO/c15-12-6-2-5-9-14(16)11-10-13-7-3-1-4-8-13/h1,3-4,7-8H,2,5-6,9-12,15H2. The first-order chi connectivity index (χ1) is 7.83. The van der Waals surface area contributed by atoms with E-state index >= 15 is 0 Å². The fourth-order valence-electron chi connectivity index (χ4n) is 1.70. The number of carbonyl (C=O) groups excluding carboxylic acids is 1. The molecule has 0 atom stereocenters. The minimum Gasteiger partial charge on any atom is -0.330 e. The first kappa shape index (κ1) is 12.9. The van der Waals surface area contributed by atoms with Crippen molar-refractivity contribution in [1.82, 2.24) is 0 Å². The van der Waals surface area contributed by atoms with Crippen LogP contribution < -0.4 is 5.73 Å². The molecule has 0 saturated heterocycles. The molecule has 88 valence electrons. The van der Waals surface area contributed by atoms with Crippen molar-refractivity contribution in [3.63, 3.8) is 0 Å². The lowest BCUT2D eigenvalue weighted by Gasteiger charge is -2.01. The van der Waals surface area contributed by atoms with E-state index in [2.05, 4.69) is 12.1 Å². The maximum absolute atomic E-state index is 11.5. The van der Waals surface area contributed by atoms with Gasteiger partial charge in [0.05, 0.1) is 0 Å². The van der Waals surface area contributed by atoms with Gasteiger partial charge in [-0.3, -0.25) is 4.79 Å². The van der Waals surface area contributed by atoms with Crippen LogP contribution in [0.25, 0.3) is 0 Å². The number of hydrogen-bond acceptors (Lipinski definition) is 2. The monoisotopic (exact) mass is 219 g/mol. The van der Waals surface area contributed by atoms with Gasteiger partial charge >= 0.3 is 0 Å². The summed E-state index contributed by atoms with van der Waals surface area (Å²) in [6.45, 7) is 0.734. The van der Waals surface area contributed by atoms with Crippen LogP contribution in [0.2, 0.25) is 0 Å². The van der Waals surface area contributed by atoms with Crippen molar-refractivity contribution in [2.24, 2.45) is 5.73 Å². The molecule has 0 spiro atoms. The van der Waals surface area contributed by atoms with Crippen LogP contribution in [-0.2, 0) is 11.2 Å². The van der Waals surface area contributed by atoms with Gasteiger partial charge in [-0.15, -0.1) is 0 Å². The highest BCUT2D eigenvalue weighted by molar-refractivity contribution is 5.78. The highest BCUT2D eigenvalue weighted by atomic mass is 16.1. The zero-order valence-electron chi connectivity index (χ0n) is 9.82. The molecule has 0 bridgehead atoms. The Balaban J connectivity index is 2.11. The number of benzene rings is 1. The predicted molar refractivity (Wildman–Crippen MR) is 67.3 cm³/mol. The third-order valence-corrected chi connectivity index (χ3v) is 2.70. The zero-order chi connectivity index (χ0) is 11.6. The lowest BCUT2D eigenvalue weighted by atomic mass is 10.0. The summed E-state index contributed by atoms with van der Waals surface area (Å²) in [6, 6.07) is 10.2. The molecular weight excluding hydrogens is 198 g/mol. The molecule has 1 aromatic carbocycles. The van der Waals surface area contributed by atoms with E-state index in [0.717, 1.165) is 32.2 Å². The average Bonchev–Trinajstić information content (AvgIpc) is 2.33. The van der Waals surface area contributed by atoms with Crippen molar-refractivity contribution >= 4 is 5.78 Å². The number of hydrogen-bond donors (Lipinski definition) is 1. The van der Waals surface area contributed by atoms with Crippen LogP contribution in [0, 0.1) is 0 Å². The first-order valence-corrected chi connectivity index (χ1v) is 6.08. The Kier molecular flexibility index (Phi) is 6.50. The smallest absolute Gasteiger partial charge is 0.133 e. The summed E-state index contributed by atoms with van der Waals surface area (Å²) in [5.74, 6) is 0.376. The van der Waals surface area contributed by atoms with Crippen LogP contribution in [0.3, 0.4) is 0 Å². The second kappa shape index (κ2) is 8.05. The van der Waals surface area contributed by atoms with Crippen molar-refractivity contribution in [3.05, 3.63) is 35.9 Å². The number of unbranched alkanes of at least 4 members (excludes halogenated alkanes) is 2. The lowest BCUT2D eigenvalue weighted by Crippen LogP contribution is -2.02. The molecule has 0 unspecified atom stereocenters. The molecule has 0 aliphatic rings. The summed E-state index contributed by atoms with van der Waals surface area (Å²) in [4.78, 5) is 11.5. The fraction of sp³-hybridized carbons (Fsp3) is 0.500. The van der Waals surface area contributed by atoms with Gasteiger partial charge in [0.1, 0.15) is 5.78 Å². The molecule has 1 aromatic rings. The summed E-state index contributed by atoms with van der Waals surface area (Å²) >= 11 is 0. The average molecular weight is 219 g/mol. The Morgan fingerprint density at radius 1 is 1.00 bits per heavy atom. The number of nitrogens with two attached hydrogens (primary N) is 1. The molecule has 1 rings (SSSR count). The molecule has 0 radical (unpaired) electrons. The van der Waals surface area contributed by atoms with Gasteiger partial charge in [0.15, 0.2) is 0 Å². The molecule has 0 aliphatic carbocycles. The van der Waals surface area contributed by atoms with Gasteiger partial charge in [-0.05, 0) is 31.4 Å². The van der Waals surface area contributed by atoms with Crippen LogP contribution in [0.5, 0.6) is 0 Å². The molecule has 0 amide bonds. The summed E-state index contributed by atoms with van der Waals surface area (Å²) in [5, 5.41) is 0. The van der Waals surface area contributed by atoms with Crippen molar-refractivity contribution < 1.29 is 4.79 Å². The fourth-order valence-corrected chi connectivity index (χ4v) is 1.70. The van der Waals surface area contributed by atoms with E-state index in [0.29, 0.717) is 18.6 Å². The van der Waals surface area contributed by atoms with E-state index in [1.807, 2.05) is 18.2 Å².